The lowest BCUT2D eigenvalue weighted by molar-refractivity contribution is 0.278. The Morgan fingerprint density at radius 1 is 1.12 bits per heavy atom. The first kappa shape index (κ1) is 16.3. The molecule has 8 heteroatoms. The highest BCUT2D eigenvalue weighted by Crippen LogP contribution is 2.24. The largest absolute Gasteiger partial charge is 0.415 e. The van der Waals surface area contributed by atoms with Gasteiger partial charge in [0, 0.05) is 5.56 Å². The minimum absolute atomic E-state index is 0.504. The maximum atomic E-state index is 5.69. The molecular weight excluding hydrogens is 338 g/mol. The molecule has 1 aliphatic heterocycles. The maximum Gasteiger partial charge on any atom is 0.277 e. The summed E-state index contributed by atoms with van der Waals surface area (Å²) in [5, 5.41) is 12.8. The van der Waals surface area contributed by atoms with E-state index in [2.05, 4.69) is 25.2 Å². The van der Waals surface area contributed by atoms with Gasteiger partial charge in [-0.3, -0.25) is 4.90 Å². The number of hydrogen-bond acceptors (Lipinski definition) is 8. The Balaban J connectivity index is 1.36. The van der Waals surface area contributed by atoms with Gasteiger partial charge in [-0.1, -0.05) is 41.2 Å². The zero-order valence-corrected chi connectivity index (χ0v) is 14.8. The smallest absolute Gasteiger partial charge is 0.277 e. The van der Waals surface area contributed by atoms with Gasteiger partial charge in [-0.05, 0) is 38.4 Å². The molecule has 0 aliphatic carbocycles. The van der Waals surface area contributed by atoms with Gasteiger partial charge in [-0.25, -0.2) is 0 Å². The van der Waals surface area contributed by atoms with E-state index in [1.807, 2.05) is 31.2 Å². The summed E-state index contributed by atoms with van der Waals surface area (Å²) in [6.07, 6.45) is 2.49. The fourth-order valence-corrected chi connectivity index (χ4v) is 3.48. The summed E-state index contributed by atoms with van der Waals surface area (Å²) in [6, 6.07) is 7.97. The number of aromatic nitrogens is 4. The zero-order chi connectivity index (χ0) is 17.1. The van der Waals surface area contributed by atoms with Gasteiger partial charge >= 0.3 is 0 Å². The van der Waals surface area contributed by atoms with Gasteiger partial charge < -0.3 is 8.94 Å². The predicted octanol–water partition coefficient (Wildman–Crippen LogP) is 3.32. The van der Waals surface area contributed by atoms with E-state index in [1.165, 1.54) is 24.6 Å². The van der Waals surface area contributed by atoms with E-state index in [-0.39, 0.29) is 0 Å². The van der Waals surface area contributed by atoms with Gasteiger partial charge in [-0.2, -0.15) is 4.98 Å². The number of hydrogen-bond donors (Lipinski definition) is 0. The normalized spacial score (nSPS) is 15.1. The number of benzene rings is 1. The topological polar surface area (TPSA) is 81.1 Å². The molecule has 0 bridgehead atoms. The molecule has 3 aromatic rings. The lowest BCUT2D eigenvalue weighted by Crippen LogP contribution is -2.18. The second-order valence-corrected chi connectivity index (χ2v) is 6.99. The molecule has 25 heavy (non-hydrogen) atoms. The van der Waals surface area contributed by atoms with E-state index < -0.39 is 0 Å². The number of nitrogens with zero attached hydrogens (tertiary/aromatic N) is 5. The molecule has 7 nitrogen and oxygen atoms in total. The van der Waals surface area contributed by atoms with Crippen LogP contribution in [0.4, 0.5) is 0 Å². The molecule has 3 heterocycles. The van der Waals surface area contributed by atoms with Crippen molar-refractivity contribution < 1.29 is 8.94 Å². The Hall–Kier alpha value is -2.19. The number of aryl methyl sites for hydroxylation is 1. The van der Waals surface area contributed by atoms with Crippen molar-refractivity contribution in [3.8, 4) is 11.4 Å². The average molecular weight is 357 g/mol. The molecule has 1 saturated heterocycles. The van der Waals surface area contributed by atoms with Crippen molar-refractivity contribution in [3.05, 3.63) is 41.6 Å². The Morgan fingerprint density at radius 3 is 2.80 bits per heavy atom. The highest BCUT2D eigenvalue weighted by Gasteiger charge is 2.17. The summed E-state index contributed by atoms with van der Waals surface area (Å²) in [4.78, 5) is 6.78. The average Bonchev–Trinajstić information content (AvgIpc) is 3.36. The molecule has 1 aromatic carbocycles. The predicted molar refractivity (Wildman–Crippen MR) is 92.8 cm³/mol. The Bertz CT molecular complexity index is 841. The molecule has 0 spiro atoms. The molecule has 0 amide bonds. The van der Waals surface area contributed by atoms with E-state index >= 15 is 0 Å². The summed E-state index contributed by atoms with van der Waals surface area (Å²) in [5.41, 5.74) is 2.10. The minimum Gasteiger partial charge on any atom is -0.415 e. The van der Waals surface area contributed by atoms with Crippen LogP contribution in [-0.2, 0) is 12.3 Å². The Kier molecular flexibility index (Phi) is 4.80. The van der Waals surface area contributed by atoms with Crippen LogP contribution in [0.1, 0.15) is 30.2 Å². The summed E-state index contributed by atoms with van der Waals surface area (Å²) in [5.74, 6) is 2.32. The van der Waals surface area contributed by atoms with Gasteiger partial charge in [0.15, 0.2) is 0 Å². The molecule has 0 unspecified atom stereocenters. The monoisotopic (exact) mass is 357 g/mol. The first-order chi connectivity index (χ1) is 12.3. The van der Waals surface area contributed by atoms with E-state index in [4.69, 9.17) is 8.94 Å². The van der Waals surface area contributed by atoms with Crippen LogP contribution in [0, 0.1) is 6.92 Å². The summed E-state index contributed by atoms with van der Waals surface area (Å²) >= 11 is 1.41. The van der Waals surface area contributed by atoms with Crippen molar-refractivity contribution in [2.75, 3.05) is 13.1 Å². The van der Waals surface area contributed by atoms with E-state index in [0.29, 0.717) is 28.6 Å². The number of thioether (sulfide) groups is 1. The zero-order valence-electron chi connectivity index (χ0n) is 14.0. The molecular formula is C17H19N5O2S. The molecule has 0 N–H and O–H groups in total. The first-order valence-corrected chi connectivity index (χ1v) is 9.32. The summed E-state index contributed by atoms with van der Waals surface area (Å²) < 4.78 is 11.0. The van der Waals surface area contributed by atoms with Crippen molar-refractivity contribution in [3.63, 3.8) is 0 Å². The lowest BCUT2D eigenvalue weighted by Gasteiger charge is -2.10. The van der Waals surface area contributed by atoms with Crippen LogP contribution in [-0.4, -0.2) is 38.3 Å². The Morgan fingerprint density at radius 2 is 1.96 bits per heavy atom. The van der Waals surface area contributed by atoms with Crippen LogP contribution in [0.25, 0.3) is 11.4 Å². The van der Waals surface area contributed by atoms with Crippen LogP contribution in [0.15, 0.2) is 38.4 Å². The third kappa shape index (κ3) is 3.91. The molecule has 4 rings (SSSR count). The fraction of sp³-hybridized carbons (Fsp3) is 0.412. The van der Waals surface area contributed by atoms with Crippen LogP contribution in [0.2, 0.25) is 0 Å². The van der Waals surface area contributed by atoms with Gasteiger partial charge in [0.05, 0.1) is 12.3 Å². The fourth-order valence-electron chi connectivity index (χ4n) is 2.86. The second kappa shape index (κ2) is 7.37. The number of rotatable bonds is 6. The molecule has 0 radical (unpaired) electrons. The highest BCUT2D eigenvalue weighted by atomic mass is 32.2. The van der Waals surface area contributed by atoms with Crippen molar-refractivity contribution in [1.29, 1.82) is 0 Å². The van der Waals surface area contributed by atoms with E-state index in [0.717, 1.165) is 30.8 Å². The van der Waals surface area contributed by atoms with E-state index in [1.54, 1.807) is 0 Å². The molecule has 0 atom stereocenters. The van der Waals surface area contributed by atoms with Crippen LogP contribution < -0.4 is 0 Å². The van der Waals surface area contributed by atoms with Gasteiger partial charge in [0.1, 0.15) is 0 Å². The standard InChI is InChI=1S/C17H19N5O2S/c1-12-6-2-3-7-13(12)16-18-15(24-21-16)11-25-17-20-19-14(23-17)10-22-8-4-5-9-22/h2-3,6-7H,4-5,8-11H2,1H3. The number of likely N-dealkylation sites (tertiary alicyclic amines) is 1. The quantitative estimate of drug-likeness (QED) is 0.622. The molecule has 1 fully saturated rings. The van der Waals surface area contributed by atoms with Crippen LogP contribution >= 0.6 is 11.8 Å². The van der Waals surface area contributed by atoms with Crippen LogP contribution in [0.5, 0.6) is 0 Å². The molecule has 0 saturated carbocycles. The van der Waals surface area contributed by atoms with Gasteiger partial charge in [0.25, 0.3) is 5.22 Å². The molecule has 130 valence electrons. The van der Waals surface area contributed by atoms with Crippen LogP contribution in [0.3, 0.4) is 0 Å². The van der Waals surface area contributed by atoms with Crippen molar-refractivity contribution >= 4 is 11.8 Å². The third-order valence-electron chi connectivity index (χ3n) is 4.18. The Labute approximate surface area is 149 Å². The van der Waals surface area contributed by atoms with Crippen molar-refractivity contribution in [1.82, 2.24) is 25.2 Å². The van der Waals surface area contributed by atoms with Gasteiger partial charge in [-0.15, -0.1) is 10.2 Å². The summed E-state index contributed by atoms with van der Waals surface area (Å²) in [6.45, 7) is 4.97. The maximum absolute atomic E-state index is 5.69. The highest BCUT2D eigenvalue weighted by molar-refractivity contribution is 7.98. The minimum atomic E-state index is 0.504. The van der Waals surface area contributed by atoms with E-state index in [9.17, 15) is 0 Å². The summed E-state index contributed by atoms with van der Waals surface area (Å²) in [7, 11) is 0. The molecule has 1 aliphatic rings. The SMILES string of the molecule is Cc1ccccc1-c1noc(CSc2nnc(CN3CCCC3)o2)n1. The van der Waals surface area contributed by atoms with Gasteiger partial charge in [0.2, 0.25) is 17.6 Å². The van der Waals surface area contributed by atoms with Crippen molar-refractivity contribution in [2.45, 2.75) is 37.3 Å². The second-order valence-electron chi connectivity index (χ2n) is 6.06. The first-order valence-electron chi connectivity index (χ1n) is 8.34. The lowest BCUT2D eigenvalue weighted by atomic mass is 10.1. The third-order valence-corrected chi connectivity index (χ3v) is 4.98. The van der Waals surface area contributed by atoms with Crippen molar-refractivity contribution in [2.24, 2.45) is 0 Å². The molecule has 2 aromatic heterocycles.